The van der Waals surface area contributed by atoms with E-state index in [1.165, 1.54) is 0 Å². The lowest BCUT2D eigenvalue weighted by Crippen LogP contribution is -2.48. The van der Waals surface area contributed by atoms with Gasteiger partial charge in [-0.1, -0.05) is 0 Å². The number of nitrogens with one attached hydrogen (secondary N) is 1. The van der Waals surface area contributed by atoms with E-state index in [0.29, 0.717) is 18.7 Å². The normalized spacial score (nSPS) is 14.2. The van der Waals surface area contributed by atoms with Gasteiger partial charge in [0.15, 0.2) is 0 Å². The number of anilines is 1. The minimum atomic E-state index is -0.992. The molecule has 1 fully saturated rings. The van der Waals surface area contributed by atoms with Crippen molar-refractivity contribution in [3.63, 3.8) is 0 Å². The van der Waals surface area contributed by atoms with E-state index in [0.717, 1.165) is 59.8 Å². The van der Waals surface area contributed by atoms with E-state index in [9.17, 15) is 10.1 Å². The van der Waals surface area contributed by atoms with Crippen molar-refractivity contribution in [1.82, 2.24) is 34.6 Å². The van der Waals surface area contributed by atoms with E-state index in [1.54, 1.807) is 21.6 Å². The Balaban J connectivity index is 1.38. The fourth-order valence-electron chi connectivity index (χ4n) is 4.41. The van der Waals surface area contributed by atoms with Crippen LogP contribution in [0, 0.1) is 11.3 Å². The number of rotatable bonds is 6. The minimum Gasteiger partial charge on any atom is -0.465 e. The molecule has 0 aromatic carbocycles. The number of hydrogen-bond acceptors (Lipinski definition) is 7. The maximum absolute atomic E-state index is 10.6. The third-order valence-electron chi connectivity index (χ3n) is 6.23. The zero-order valence-corrected chi connectivity index (χ0v) is 19.3. The molecule has 0 aliphatic carbocycles. The first-order chi connectivity index (χ1) is 17.0. The van der Waals surface area contributed by atoms with E-state index in [2.05, 4.69) is 37.4 Å². The summed E-state index contributed by atoms with van der Waals surface area (Å²) in [5.74, 6) is 0.894. The molecule has 0 spiro atoms. The summed E-state index contributed by atoms with van der Waals surface area (Å²) in [7, 11) is 1.88. The third kappa shape index (κ3) is 4.64. The van der Waals surface area contributed by atoms with E-state index >= 15 is 0 Å². The minimum absolute atomic E-state index is 0.425. The SMILES string of the molecule is Cn1cc(-c2cc(-c3ccc(N4CCN(CCNC(=O)O)CC4)nc3)c3c(C#N)cnn3c2)cn1. The van der Waals surface area contributed by atoms with Crippen molar-refractivity contribution in [1.29, 1.82) is 5.26 Å². The molecule has 1 aliphatic heterocycles. The van der Waals surface area contributed by atoms with Gasteiger partial charge in [0.25, 0.3) is 0 Å². The third-order valence-corrected chi connectivity index (χ3v) is 6.23. The Morgan fingerprint density at radius 3 is 2.57 bits per heavy atom. The number of amides is 1. The lowest BCUT2D eigenvalue weighted by Gasteiger charge is -2.35. The van der Waals surface area contributed by atoms with Gasteiger partial charge in [-0.15, -0.1) is 0 Å². The van der Waals surface area contributed by atoms with Gasteiger partial charge in [0.2, 0.25) is 0 Å². The number of aryl methyl sites for hydroxylation is 1. The van der Waals surface area contributed by atoms with Crippen molar-refractivity contribution >= 4 is 17.4 Å². The van der Waals surface area contributed by atoms with Gasteiger partial charge in [-0.05, 0) is 18.2 Å². The number of nitrogens with zero attached hydrogens (tertiary/aromatic N) is 8. The van der Waals surface area contributed by atoms with E-state index in [1.807, 2.05) is 37.8 Å². The summed E-state index contributed by atoms with van der Waals surface area (Å²) in [6.07, 6.45) is 8.09. The Bertz CT molecular complexity index is 1390. The van der Waals surface area contributed by atoms with Crippen molar-refractivity contribution in [2.24, 2.45) is 7.05 Å². The molecule has 0 saturated carbocycles. The molecule has 11 heteroatoms. The van der Waals surface area contributed by atoms with Gasteiger partial charge in [0.05, 0.1) is 23.5 Å². The molecule has 178 valence electrons. The molecule has 4 aromatic heterocycles. The summed E-state index contributed by atoms with van der Waals surface area (Å²) < 4.78 is 3.49. The molecule has 5 rings (SSSR count). The lowest BCUT2D eigenvalue weighted by atomic mass is 10.0. The number of carboxylic acid groups (broad SMARTS) is 1. The van der Waals surface area contributed by atoms with Crippen molar-refractivity contribution < 1.29 is 9.90 Å². The van der Waals surface area contributed by atoms with Gasteiger partial charge >= 0.3 is 6.09 Å². The van der Waals surface area contributed by atoms with E-state index in [4.69, 9.17) is 10.1 Å². The van der Waals surface area contributed by atoms with Crippen molar-refractivity contribution in [3.05, 3.63) is 54.7 Å². The fraction of sp³-hybridized carbons (Fsp3) is 0.292. The van der Waals surface area contributed by atoms with Gasteiger partial charge < -0.3 is 15.3 Å². The average Bonchev–Trinajstić information content (AvgIpc) is 3.50. The molecule has 0 radical (unpaired) electrons. The highest BCUT2D eigenvalue weighted by Gasteiger charge is 2.19. The summed E-state index contributed by atoms with van der Waals surface area (Å²) in [4.78, 5) is 19.8. The quantitative estimate of drug-likeness (QED) is 0.437. The first kappa shape index (κ1) is 22.4. The predicted molar refractivity (Wildman–Crippen MR) is 130 cm³/mol. The number of fused-ring (bicyclic) bond motifs is 1. The largest absolute Gasteiger partial charge is 0.465 e. The van der Waals surface area contributed by atoms with Gasteiger partial charge in [0, 0.05) is 87.2 Å². The van der Waals surface area contributed by atoms with Crippen LogP contribution in [0.4, 0.5) is 10.6 Å². The highest BCUT2D eigenvalue weighted by Crippen LogP contribution is 2.32. The topological polar surface area (TPSA) is 128 Å². The Morgan fingerprint density at radius 2 is 1.91 bits per heavy atom. The van der Waals surface area contributed by atoms with E-state index < -0.39 is 6.09 Å². The smallest absolute Gasteiger partial charge is 0.404 e. The van der Waals surface area contributed by atoms with Crippen LogP contribution >= 0.6 is 0 Å². The molecular formula is C24H25N9O2. The Hall–Kier alpha value is -4.43. The number of carbonyl (C=O) groups is 1. The van der Waals surface area contributed by atoms with Crippen LogP contribution in [-0.2, 0) is 7.05 Å². The van der Waals surface area contributed by atoms with Crippen LogP contribution in [0.3, 0.4) is 0 Å². The van der Waals surface area contributed by atoms with Crippen molar-refractivity contribution in [2.45, 2.75) is 0 Å². The van der Waals surface area contributed by atoms with E-state index in [-0.39, 0.29) is 0 Å². The summed E-state index contributed by atoms with van der Waals surface area (Å²) in [6, 6.07) is 8.33. The van der Waals surface area contributed by atoms with Crippen molar-refractivity contribution in [2.75, 3.05) is 44.2 Å². The number of piperazine rings is 1. The molecule has 0 unspecified atom stereocenters. The maximum Gasteiger partial charge on any atom is 0.404 e. The Kier molecular flexibility index (Phi) is 6.03. The second-order valence-electron chi connectivity index (χ2n) is 8.47. The van der Waals surface area contributed by atoms with Crippen LogP contribution in [0.1, 0.15) is 5.56 Å². The maximum atomic E-state index is 10.6. The van der Waals surface area contributed by atoms with Crippen LogP contribution in [0.2, 0.25) is 0 Å². The van der Waals surface area contributed by atoms with Gasteiger partial charge in [0.1, 0.15) is 11.9 Å². The van der Waals surface area contributed by atoms with Gasteiger partial charge in [-0.3, -0.25) is 9.58 Å². The molecule has 1 amide bonds. The van der Waals surface area contributed by atoms with Crippen LogP contribution in [0.5, 0.6) is 0 Å². The van der Waals surface area contributed by atoms with Crippen molar-refractivity contribution in [3.8, 4) is 28.3 Å². The summed E-state index contributed by atoms with van der Waals surface area (Å²) in [5.41, 5.74) is 4.96. The highest BCUT2D eigenvalue weighted by atomic mass is 16.4. The first-order valence-corrected chi connectivity index (χ1v) is 11.3. The molecule has 1 saturated heterocycles. The standard InChI is InChI=1S/C24H25N9O2/c1-30-15-20(14-28-30)18-10-21(23-19(11-25)13-29-33(23)16-18)17-2-3-22(27-12-17)32-8-6-31(7-9-32)5-4-26-24(34)35/h2-3,10,12-16,26H,4-9H2,1H3,(H,34,35). The molecule has 11 nitrogen and oxygen atoms in total. The fourth-order valence-corrected chi connectivity index (χ4v) is 4.41. The van der Waals surface area contributed by atoms with Crippen LogP contribution in [-0.4, -0.2) is 79.7 Å². The molecule has 4 aromatic rings. The number of nitriles is 1. The zero-order chi connectivity index (χ0) is 24.4. The molecule has 5 heterocycles. The lowest BCUT2D eigenvalue weighted by molar-refractivity contribution is 0.190. The first-order valence-electron chi connectivity index (χ1n) is 11.3. The average molecular weight is 472 g/mol. The molecule has 0 bridgehead atoms. The van der Waals surface area contributed by atoms with Gasteiger partial charge in [-0.25, -0.2) is 14.3 Å². The summed E-state index contributed by atoms with van der Waals surface area (Å²) in [6.45, 7) is 4.46. The molecule has 35 heavy (non-hydrogen) atoms. The molecule has 0 atom stereocenters. The number of aromatic nitrogens is 5. The Labute approximate surface area is 201 Å². The second-order valence-corrected chi connectivity index (χ2v) is 8.47. The van der Waals surface area contributed by atoms with Crippen LogP contribution < -0.4 is 10.2 Å². The molecular weight excluding hydrogens is 446 g/mol. The highest BCUT2D eigenvalue weighted by molar-refractivity contribution is 5.87. The predicted octanol–water partition coefficient (Wildman–Crippen LogP) is 2.06. The number of pyridine rings is 2. The molecule has 1 aliphatic rings. The van der Waals surface area contributed by atoms with Gasteiger partial charge in [-0.2, -0.15) is 15.5 Å². The van der Waals surface area contributed by atoms with Crippen LogP contribution in [0.25, 0.3) is 27.8 Å². The number of hydrogen-bond donors (Lipinski definition) is 2. The zero-order valence-electron chi connectivity index (χ0n) is 19.3. The summed E-state index contributed by atoms with van der Waals surface area (Å²) >= 11 is 0. The summed E-state index contributed by atoms with van der Waals surface area (Å²) in [5, 5.41) is 29.4. The monoisotopic (exact) mass is 471 g/mol. The van der Waals surface area contributed by atoms with Crippen LogP contribution in [0.15, 0.2) is 49.2 Å². The molecule has 2 N–H and O–H groups in total. The Morgan fingerprint density at radius 1 is 1.09 bits per heavy atom. The second kappa shape index (κ2) is 9.44.